The smallest absolute Gasteiger partial charge is 0.189 e. The van der Waals surface area contributed by atoms with Gasteiger partial charge in [0, 0.05) is 116 Å². The van der Waals surface area contributed by atoms with E-state index in [4.69, 9.17) is 53.0 Å². The van der Waals surface area contributed by atoms with Crippen LogP contribution in [-0.4, -0.2) is 63.1 Å². The van der Waals surface area contributed by atoms with Gasteiger partial charge in [0.2, 0.25) is 0 Å². The van der Waals surface area contributed by atoms with Crippen LogP contribution in [0.4, 0.5) is 11.4 Å². The van der Waals surface area contributed by atoms with Crippen molar-refractivity contribution in [2.75, 3.05) is 0 Å². The SMILES string of the molecule is Cc1nc(C)nc(-c2ccc3c4ccccc4n(-c4ccc(-c5cccc6c7ccccc7n(-c7ccccc7)c56)cc4-c4nc(-c5ccccc5)nc(-c5ccccc5)n4)c3c2)n1.[C-]#[N+]c1cc(C#N)cc(-c2ccc3c(c2)c2cc(-c4cc(C#N)cc([N+]#[C-])c4)ccc2n3-c2ccc(-c3cccc4c5ccccc5n(-c5ccccc5)c34)cc2-c2nc(-c3ccccc3)nc(-c3ccccc3)n2)c1. The molecule has 25 aromatic rings. The first-order chi connectivity index (χ1) is 69.0. The van der Waals surface area contributed by atoms with Gasteiger partial charge in [0.25, 0.3) is 0 Å². The monoisotopic (exact) mass is 1790 g/mol. The second-order valence-electron chi connectivity index (χ2n) is 34.4. The molecule has 0 unspecified atom stereocenters. The lowest BCUT2D eigenvalue weighted by atomic mass is 9.98. The fourth-order valence-corrected chi connectivity index (χ4v) is 19.8. The Balaban J connectivity index is 0.000000154. The summed E-state index contributed by atoms with van der Waals surface area (Å²) in [6.45, 7) is 19.5. The minimum atomic E-state index is 0.374. The lowest BCUT2D eigenvalue weighted by Crippen LogP contribution is -2.04. The number of hydrogen-bond donors (Lipinski definition) is 0. The van der Waals surface area contributed by atoms with Gasteiger partial charge in [-0.3, -0.25) is 0 Å². The lowest BCUT2D eigenvalue weighted by molar-refractivity contribution is 0.928. The third-order valence-corrected chi connectivity index (χ3v) is 26.0. The molecular formula is C123H75N17. The van der Waals surface area contributed by atoms with E-state index in [9.17, 15) is 10.5 Å². The Morgan fingerprint density at radius 3 is 0.936 bits per heavy atom. The fraction of sp³-hybridized carbons (Fsp3) is 0.0163. The maximum absolute atomic E-state index is 10.0. The highest BCUT2D eigenvalue weighted by Gasteiger charge is 2.28. The van der Waals surface area contributed by atoms with Crippen LogP contribution in [0.1, 0.15) is 22.8 Å². The van der Waals surface area contributed by atoms with Gasteiger partial charge < -0.3 is 18.3 Å². The first-order valence-corrected chi connectivity index (χ1v) is 45.9. The molecule has 0 N–H and O–H groups in total. The van der Waals surface area contributed by atoms with Gasteiger partial charge in [0.15, 0.2) is 52.1 Å². The average molecular weight is 1790 g/mol. The van der Waals surface area contributed by atoms with Crippen molar-refractivity contribution in [3.63, 3.8) is 0 Å². The topological polar surface area (TPSA) is 192 Å². The molecule has 0 aliphatic rings. The van der Waals surface area contributed by atoms with Crippen molar-refractivity contribution in [2.45, 2.75) is 13.8 Å². The average Bonchev–Trinajstić information content (AvgIpc) is 1.57. The minimum absolute atomic E-state index is 0.374. The molecule has 17 heteroatoms. The first kappa shape index (κ1) is 83.2. The lowest BCUT2D eigenvalue weighted by Gasteiger charge is -2.17. The third kappa shape index (κ3) is 14.9. The predicted molar refractivity (Wildman–Crippen MR) is 562 cm³/mol. The van der Waals surface area contributed by atoms with Crippen molar-refractivity contribution in [1.29, 1.82) is 10.5 Å². The van der Waals surface area contributed by atoms with Crippen LogP contribution in [-0.2, 0) is 0 Å². The van der Waals surface area contributed by atoms with E-state index in [0.717, 1.165) is 183 Å². The second-order valence-corrected chi connectivity index (χ2v) is 34.4. The maximum atomic E-state index is 10.0. The van der Waals surface area contributed by atoms with Crippen molar-refractivity contribution < 1.29 is 0 Å². The normalized spacial score (nSPS) is 11.3. The van der Waals surface area contributed by atoms with Gasteiger partial charge >= 0.3 is 0 Å². The van der Waals surface area contributed by atoms with Crippen LogP contribution in [0.25, 0.3) is 244 Å². The van der Waals surface area contributed by atoms with E-state index in [-0.39, 0.29) is 0 Å². The summed E-state index contributed by atoms with van der Waals surface area (Å²) in [5.41, 5.74) is 27.0. The molecule has 0 amide bonds. The quantitative estimate of drug-likeness (QED) is 0.0887. The number of aryl methyl sites for hydroxylation is 2. The van der Waals surface area contributed by atoms with E-state index in [1.165, 1.54) is 10.8 Å². The molecule has 0 radical (unpaired) electrons. The molecule has 0 aliphatic heterocycles. The minimum Gasteiger partial charge on any atom is -0.309 e. The molecule has 652 valence electrons. The van der Waals surface area contributed by atoms with E-state index in [1.54, 1.807) is 12.1 Å². The molecule has 140 heavy (non-hydrogen) atoms. The molecule has 17 nitrogen and oxygen atoms in total. The van der Waals surface area contributed by atoms with E-state index in [1.807, 2.05) is 178 Å². The number of aromatic nitrogens is 13. The number of benzene rings is 18. The largest absolute Gasteiger partial charge is 0.309 e. The number of hydrogen-bond acceptors (Lipinski definition) is 11. The second kappa shape index (κ2) is 35.0. The molecule has 7 heterocycles. The van der Waals surface area contributed by atoms with E-state index >= 15 is 0 Å². The Morgan fingerprint density at radius 2 is 0.536 bits per heavy atom. The molecule has 25 rings (SSSR count). The third-order valence-electron chi connectivity index (χ3n) is 26.0. The van der Waals surface area contributed by atoms with Gasteiger partial charge in [-0.25, -0.2) is 54.5 Å². The van der Waals surface area contributed by atoms with Crippen molar-refractivity contribution >= 4 is 98.6 Å². The van der Waals surface area contributed by atoms with Crippen molar-refractivity contribution in [3.05, 3.63) is 464 Å². The molecule has 0 fully saturated rings. The van der Waals surface area contributed by atoms with Crippen LogP contribution < -0.4 is 0 Å². The highest BCUT2D eigenvalue weighted by molar-refractivity contribution is 6.17. The Kier molecular flexibility index (Phi) is 20.8. The Labute approximate surface area is 804 Å². The standard InChI is InChI=1S/C67H37N9.C56H38N8/c1-70-51-33-42(40-68)31-49(35-51)46-25-28-61-57(37-46)58-38-47(50-32-43(41-69)34-52(36-50)71-2)26-29-62(58)76(61)63-30-27-48(54-22-14-23-56-55-21-12-13-24-60(55)75(64(54)56)53-19-10-5-11-20-53)39-59(63)67-73-65(44-15-6-3-7-16-44)72-66(74-67)45-17-8-4-9-18-45;1-35-57-36(2)59-55(58-35)40-29-31-45-43-23-12-15-28-49(43)64(51(45)34-40)50-32-30-39(42-25-16-26-46-44-24-13-14-27-48(44)63(52(42)46)41-21-10-5-11-22-41)33-47(50)56-61-53(37-17-6-3-7-18-37)60-54(62-56)38-19-8-4-9-20-38/h3-39H;3-34H,1-2H3. The van der Waals surface area contributed by atoms with Gasteiger partial charge in [-0.1, -0.05) is 285 Å². The molecule has 0 spiro atoms. The summed E-state index contributed by atoms with van der Waals surface area (Å²) >= 11 is 0. The summed E-state index contributed by atoms with van der Waals surface area (Å²) in [4.78, 5) is 53.0. The molecule has 0 aliphatic carbocycles. The summed E-state index contributed by atoms with van der Waals surface area (Å²) in [6.07, 6.45) is 0. The maximum Gasteiger partial charge on any atom is 0.189 e. The van der Waals surface area contributed by atoms with Gasteiger partial charge in [-0.05, 0) is 181 Å². The molecular weight excluding hydrogens is 1720 g/mol. The van der Waals surface area contributed by atoms with Crippen LogP contribution >= 0.6 is 0 Å². The zero-order chi connectivity index (χ0) is 94.0. The van der Waals surface area contributed by atoms with Gasteiger partial charge in [0.05, 0.1) is 80.8 Å². The van der Waals surface area contributed by atoms with E-state index in [0.29, 0.717) is 74.9 Å². The number of rotatable bonds is 15. The van der Waals surface area contributed by atoms with Crippen molar-refractivity contribution in [2.24, 2.45) is 0 Å². The van der Waals surface area contributed by atoms with Crippen LogP contribution in [0, 0.1) is 49.7 Å². The molecule has 0 saturated heterocycles. The number of para-hydroxylation sites is 7. The molecule has 7 aromatic heterocycles. The summed E-state index contributed by atoms with van der Waals surface area (Å²) in [5.74, 6) is 5.28. The van der Waals surface area contributed by atoms with Crippen molar-refractivity contribution in [1.82, 2.24) is 63.1 Å². The highest BCUT2D eigenvalue weighted by atomic mass is 15.1. The molecule has 0 bridgehead atoms. The Bertz CT molecular complexity index is 9180. The molecule has 0 saturated carbocycles. The van der Waals surface area contributed by atoms with E-state index in [2.05, 4.69) is 288 Å². The van der Waals surface area contributed by atoms with Gasteiger partial charge in [0.1, 0.15) is 11.6 Å². The fourth-order valence-electron chi connectivity index (χ4n) is 19.8. The summed E-state index contributed by atoms with van der Waals surface area (Å²) in [6, 6.07) is 147. The van der Waals surface area contributed by atoms with Crippen LogP contribution in [0.2, 0.25) is 0 Å². The Morgan fingerprint density at radius 1 is 0.214 bits per heavy atom. The Hall–Kier alpha value is -19.8. The van der Waals surface area contributed by atoms with Gasteiger partial charge in [-0.2, -0.15) is 10.5 Å². The van der Waals surface area contributed by atoms with Crippen LogP contribution in [0.15, 0.2) is 419 Å². The number of fused-ring (bicyclic) bond motifs is 12. The zero-order valence-electron chi connectivity index (χ0n) is 75.4. The molecule has 18 aromatic carbocycles. The first-order valence-electron chi connectivity index (χ1n) is 45.9. The van der Waals surface area contributed by atoms with Crippen LogP contribution in [0.5, 0.6) is 0 Å². The zero-order valence-corrected chi connectivity index (χ0v) is 75.4. The summed E-state index contributed by atoms with van der Waals surface area (Å²) in [5, 5.41) is 28.7. The van der Waals surface area contributed by atoms with Crippen molar-refractivity contribution in [3.8, 4) is 159 Å². The summed E-state index contributed by atoms with van der Waals surface area (Å²) < 4.78 is 9.32. The van der Waals surface area contributed by atoms with E-state index < -0.39 is 0 Å². The van der Waals surface area contributed by atoms with Gasteiger partial charge in [-0.15, -0.1) is 0 Å². The number of nitriles is 2. The highest BCUT2D eigenvalue weighted by Crippen LogP contribution is 2.48. The predicted octanol–water partition coefficient (Wildman–Crippen LogP) is 30.1. The van der Waals surface area contributed by atoms with Crippen LogP contribution in [0.3, 0.4) is 0 Å². The number of nitrogens with zero attached hydrogens (tertiary/aromatic N) is 17. The molecule has 0 atom stereocenters. The summed E-state index contributed by atoms with van der Waals surface area (Å²) in [7, 11) is 0.